The lowest BCUT2D eigenvalue weighted by Crippen LogP contribution is -2.37. The number of carbonyl (C=O) groups excluding carboxylic acids is 2. The lowest BCUT2D eigenvalue weighted by Gasteiger charge is -2.17. The van der Waals surface area contributed by atoms with Gasteiger partial charge in [0, 0.05) is 4.88 Å². The first kappa shape index (κ1) is 19.5. The van der Waals surface area contributed by atoms with E-state index in [-0.39, 0.29) is 18.4 Å². The number of benzene rings is 1. The van der Waals surface area contributed by atoms with Gasteiger partial charge >= 0.3 is 6.03 Å². The molecule has 2 unspecified atom stereocenters. The predicted molar refractivity (Wildman–Crippen MR) is 107 cm³/mol. The van der Waals surface area contributed by atoms with Gasteiger partial charge in [-0.25, -0.2) is 9.78 Å². The molecule has 0 saturated carbocycles. The highest BCUT2D eigenvalue weighted by molar-refractivity contribution is 7.10. The van der Waals surface area contributed by atoms with Crippen LogP contribution in [0.15, 0.2) is 29.6 Å². The summed E-state index contributed by atoms with van der Waals surface area (Å²) >= 11 is 13.5. The zero-order valence-electron chi connectivity index (χ0n) is 14.3. The van der Waals surface area contributed by atoms with E-state index >= 15 is 0 Å². The SMILES string of the molecule is CC(NC(=O)CC(NC(N)=O)c1cccs1)c1nc2cc(Cl)c(Cl)cc2[nH]1. The standard InChI is InChI=1S/C17H17Cl2N5O2S/c1-8(16-22-11-5-9(18)10(19)6-12(11)23-16)21-15(25)7-13(24-17(20)26)14-3-2-4-27-14/h2-6,8,13H,7H2,1H3,(H,21,25)(H,22,23)(H3,20,24,26). The lowest BCUT2D eigenvalue weighted by atomic mass is 10.1. The number of hydrogen-bond acceptors (Lipinski definition) is 4. The van der Waals surface area contributed by atoms with E-state index in [4.69, 9.17) is 28.9 Å². The van der Waals surface area contributed by atoms with E-state index < -0.39 is 12.1 Å². The number of nitrogens with zero attached hydrogens (tertiary/aromatic N) is 1. The molecule has 2 aromatic heterocycles. The Bertz CT molecular complexity index is 934. The maximum Gasteiger partial charge on any atom is 0.312 e. The van der Waals surface area contributed by atoms with Gasteiger partial charge in [-0.2, -0.15) is 0 Å². The van der Waals surface area contributed by atoms with Crippen LogP contribution in [0.2, 0.25) is 10.0 Å². The number of urea groups is 1. The second-order valence-electron chi connectivity index (χ2n) is 5.98. The van der Waals surface area contributed by atoms with Gasteiger partial charge in [0.15, 0.2) is 0 Å². The molecule has 0 aliphatic heterocycles. The quantitative estimate of drug-likeness (QED) is 0.479. The van der Waals surface area contributed by atoms with Crippen molar-refractivity contribution in [2.24, 2.45) is 5.73 Å². The van der Waals surface area contributed by atoms with E-state index in [0.717, 1.165) is 10.4 Å². The molecule has 3 amide bonds. The Morgan fingerprint density at radius 1 is 1.30 bits per heavy atom. The summed E-state index contributed by atoms with van der Waals surface area (Å²) in [4.78, 5) is 32.1. The largest absolute Gasteiger partial charge is 0.352 e. The summed E-state index contributed by atoms with van der Waals surface area (Å²) in [6.45, 7) is 1.81. The Kier molecular flexibility index (Phi) is 5.88. The highest BCUT2D eigenvalue weighted by atomic mass is 35.5. The minimum atomic E-state index is -0.680. The summed E-state index contributed by atoms with van der Waals surface area (Å²) in [6, 6.07) is 5.50. The number of nitrogens with one attached hydrogen (secondary N) is 3. The van der Waals surface area contributed by atoms with Crippen LogP contribution in [0.1, 0.15) is 36.1 Å². The number of imidazole rings is 1. The monoisotopic (exact) mass is 425 g/mol. The van der Waals surface area contributed by atoms with Gasteiger partial charge in [0.2, 0.25) is 5.91 Å². The fraction of sp³-hybridized carbons (Fsp3) is 0.235. The number of thiophene rings is 1. The maximum atomic E-state index is 12.5. The fourth-order valence-corrected chi connectivity index (χ4v) is 3.77. The molecular formula is C17H17Cl2N5O2S. The van der Waals surface area contributed by atoms with Crippen molar-refractivity contribution >= 4 is 57.5 Å². The Labute approximate surface area is 169 Å². The molecule has 7 nitrogen and oxygen atoms in total. The summed E-state index contributed by atoms with van der Waals surface area (Å²) in [7, 11) is 0. The zero-order valence-corrected chi connectivity index (χ0v) is 16.6. The number of hydrogen-bond donors (Lipinski definition) is 4. The summed E-state index contributed by atoms with van der Waals surface area (Å²) in [5, 5.41) is 8.17. The van der Waals surface area contributed by atoms with Crippen molar-refractivity contribution < 1.29 is 9.59 Å². The van der Waals surface area contributed by atoms with Gasteiger partial charge in [0.1, 0.15) is 5.82 Å². The van der Waals surface area contributed by atoms with Crippen LogP contribution in [0.4, 0.5) is 4.79 Å². The Balaban J connectivity index is 1.70. The Hall–Kier alpha value is -2.29. The molecule has 0 spiro atoms. The number of primary amides is 1. The van der Waals surface area contributed by atoms with Crippen molar-refractivity contribution in [3.05, 3.63) is 50.4 Å². The Morgan fingerprint density at radius 2 is 2.04 bits per heavy atom. The molecule has 2 heterocycles. The summed E-state index contributed by atoms with van der Waals surface area (Å²) in [5.74, 6) is 0.332. The summed E-state index contributed by atoms with van der Waals surface area (Å²) < 4.78 is 0. The molecule has 1 aromatic carbocycles. The van der Waals surface area contributed by atoms with Crippen LogP contribution in [0, 0.1) is 0 Å². The molecule has 0 bridgehead atoms. The number of H-pyrrole nitrogens is 1. The minimum Gasteiger partial charge on any atom is -0.352 e. The van der Waals surface area contributed by atoms with Crippen LogP contribution < -0.4 is 16.4 Å². The molecule has 0 aliphatic carbocycles. The highest BCUT2D eigenvalue weighted by Gasteiger charge is 2.21. The number of aromatic nitrogens is 2. The fourth-order valence-electron chi connectivity index (χ4n) is 2.67. The molecule has 142 valence electrons. The van der Waals surface area contributed by atoms with Crippen LogP contribution in [0.5, 0.6) is 0 Å². The molecular weight excluding hydrogens is 409 g/mol. The van der Waals surface area contributed by atoms with Crippen LogP contribution in [0.3, 0.4) is 0 Å². The second kappa shape index (κ2) is 8.16. The lowest BCUT2D eigenvalue weighted by molar-refractivity contribution is -0.122. The van der Waals surface area contributed by atoms with Crippen LogP contribution in [-0.2, 0) is 4.79 Å². The third-order valence-corrected chi connectivity index (χ3v) is 5.63. The third-order valence-electron chi connectivity index (χ3n) is 3.92. The number of rotatable bonds is 6. The van der Waals surface area contributed by atoms with Crippen molar-refractivity contribution in [2.75, 3.05) is 0 Å². The van der Waals surface area contributed by atoms with Gasteiger partial charge in [-0.1, -0.05) is 29.3 Å². The predicted octanol–water partition coefficient (Wildman–Crippen LogP) is 3.91. The molecule has 0 saturated heterocycles. The van der Waals surface area contributed by atoms with Gasteiger partial charge in [-0.3, -0.25) is 4.79 Å². The molecule has 10 heteroatoms. The first-order valence-electron chi connectivity index (χ1n) is 8.07. The number of aromatic amines is 1. The van der Waals surface area contributed by atoms with E-state index in [2.05, 4.69) is 20.6 Å². The molecule has 3 aromatic rings. The minimum absolute atomic E-state index is 0.0612. The second-order valence-corrected chi connectivity index (χ2v) is 7.77. The van der Waals surface area contributed by atoms with Crippen molar-refractivity contribution in [1.29, 1.82) is 0 Å². The molecule has 0 radical (unpaired) electrons. The number of nitrogens with two attached hydrogens (primary N) is 1. The van der Waals surface area contributed by atoms with Gasteiger partial charge in [0.25, 0.3) is 0 Å². The molecule has 27 heavy (non-hydrogen) atoms. The van der Waals surface area contributed by atoms with E-state index in [1.54, 1.807) is 19.1 Å². The van der Waals surface area contributed by atoms with Gasteiger partial charge in [-0.15, -0.1) is 11.3 Å². The topological polar surface area (TPSA) is 113 Å². The van der Waals surface area contributed by atoms with Crippen LogP contribution >= 0.6 is 34.5 Å². The van der Waals surface area contributed by atoms with Crippen LogP contribution in [0.25, 0.3) is 11.0 Å². The molecule has 0 aliphatic rings. The molecule has 3 rings (SSSR count). The van der Waals surface area contributed by atoms with Crippen molar-refractivity contribution in [3.63, 3.8) is 0 Å². The summed E-state index contributed by atoms with van der Waals surface area (Å²) in [5.41, 5.74) is 6.61. The number of fused-ring (bicyclic) bond motifs is 1. The zero-order chi connectivity index (χ0) is 19.6. The van der Waals surface area contributed by atoms with Crippen LogP contribution in [-0.4, -0.2) is 21.9 Å². The average molecular weight is 426 g/mol. The number of carbonyl (C=O) groups is 2. The first-order valence-corrected chi connectivity index (χ1v) is 9.70. The number of halogens is 2. The van der Waals surface area contributed by atoms with Crippen molar-refractivity contribution in [2.45, 2.75) is 25.4 Å². The molecule has 2 atom stereocenters. The summed E-state index contributed by atoms with van der Waals surface area (Å²) in [6.07, 6.45) is 0.0612. The van der Waals surface area contributed by atoms with Crippen molar-refractivity contribution in [1.82, 2.24) is 20.6 Å². The van der Waals surface area contributed by atoms with Gasteiger partial charge in [0.05, 0.1) is 39.6 Å². The smallest absolute Gasteiger partial charge is 0.312 e. The third kappa shape index (κ3) is 4.71. The normalized spacial score (nSPS) is 13.3. The maximum absolute atomic E-state index is 12.5. The van der Waals surface area contributed by atoms with E-state index in [1.165, 1.54) is 11.3 Å². The number of amides is 3. The average Bonchev–Trinajstić information content (AvgIpc) is 3.23. The Morgan fingerprint density at radius 3 is 2.70 bits per heavy atom. The molecule has 0 fully saturated rings. The highest BCUT2D eigenvalue weighted by Crippen LogP contribution is 2.28. The van der Waals surface area contributed by atoms with E-state index in [0.29, 0.717) is 21.4 Å². The van der Waals surface area contributed by atoms with Gasteiger partial charge < -0.3 is 21.4 Å². The van der Waals surface area contributed by atoms with Gasteiger partial charge in [-0.05, 0) is 30.5 Å². The first-order chi connectivity index (χ1) is 12.8. The van der Waals surface area contributed by atoms with Crippen molar-refractivity contribution in [3.8, 4) is 0 Å². The van der Waals surface area contributed by atoms with E-state index in [9.17, 15) is 9.59 Å². The van der Waals surface area contributed by atoms with E-state index in [1.807, 2.05) is 17.5 Å². The molecule has 5 N–H and O–H groups in total.